The van der Waals surface area contributed by atoms with Crippen LogP contribution >= 0.6 is 11.6 Å². The van der Waals surface area contributed by atoms with Gasteiger partial charge in [0.05, 0.1) is 29.8 Å². The molecule has 4 fully saturated rings. The number of ether oxygens (including phenoxy) is 2. The Balaban J connectivity index is 1.20. The Kier molecular flexibility index (Phi) is 7.80. The van der Waals surface area contributed by atoms with E-state index in [1.807, 2.05) is 25.7 Å². The number of aromatic nitrogens is 3. The largest absolute Gasteiger partial charge is 0.463 e. The summed E-state index contributed by atoms with van der Waals surface area (Å²) >= 11 is 6.06. The molecule has 3 aliphatic heterocycles. The molecule has 13 heteroatoms. The van der Waals surface area contributed by atoms with Gasteiger partial charge in [-0.15, -0.1) is 0 Å². The van der Waals surface area contributed by atoms with Crippen molar-refractivity contribution >= 4 is 40.1 Å². The zero-order valence-corrected chi connectivity index (χ0v) is 25.5. The Morgan fingerprint density at radius 3 is 2.48 bits per heavy atom. The molecule has 0 N–H and O–H groups in total. The fourth-order valence-corrected chi connectivity index (χ4v) is 6.54. The number of carbonyl (C=O) groups excluding carboxylic acids is 1. The Morgan fingerprint density at radius 1 is 1.17 bits per heavy atom. The number of hydrogen-bond acceptors (Lipinski definition) is 10. The molecule has 2 bridgehead atoms. The van der Waals surface area contributed by atoms with Crippen molar-refractivity contribution in [2.45, 2.75) is 77.0 Å². The number of carbonyl (C=O) groups is 1. The summed E-state index contributed by atoms with van der Waals surface area (Å²) in [5.74, 6) is -0.148. The molecule has 1 amide bonds. The van der Waals surface area contributed by atoms with E-state index in [0.717, 1.165) is 63.9 Å². The van der Waals surface area contributed by atoms with Crippen molar-refractivity contribution in [3.8, 4) is 6.01 Å². The van der Waals surface area contributed by atoms with Crippen LogP contribution in [0.5, 0.6) is 6.01 Å². The third-order valence-corrected chi connectivity index (χ3v) is 8.93. The van der Waals surface area contributed by atoms with E-state index in [4.69, 9.17) is 30.9 Å². The Labute approximate surface area is 250 Å². The third kappa shape index (κ3) is 6.06. The number of nitrogens with zero attached hydrogens (tertiary/aromatic N) is 7. The molecular formula is C29H39ClFN7O4. The summed E-state index contributed by atoms with van der Waals surface area (Å²) in [6, 6.07) is 0.0543. The number of amides is 1. The standard InChI is InChI=1S/C29H39ClFN7O4/c1-28(2,3)42-27(39)38-19-5-6-20(38)15-37(14-19)25-21-13-32-24(30)22(31)23(21)33-26(34-25)41-17-29(9-10-29)16-36-11-7-18(8-12-36)35-40-4/h13,19-20H,5-12,14-17H2,1-4H3. The second-order valence-electron chi connectivity index (χ2n) is 13.0. The van der Waals surface area contributed by atoms with E-state index in [-0.39, 0.29) is 40.3 Å². The number of rotatable bonds is 7. The molecule has 3 saturated heterocycles. The van der Waals surface area contributed by atoms with E-state index in [0.29, 0.717) is 30.9 Å². The quantitative estimate of drug-likeness (QED) is 0.330. The summed E-state index contributed by atoms with van der Waals surface area (Å²) in [4.78, 5) is 37.6. The van der Waals surface area contributed by atoms with Crippen LogP contribution in [0.15, 0.2) is 11.4 Å². The van der Waals surface area contributed by atoms with E-state index in [1.165, 1.54) is 6.20 Å². The molecule has 2 atom stereocenters. The van der Waals surface area contributed by atoms with Gasteiger partial charge < -0.3 is 24.1 Å². The predicted molar refractivity (Wildman–Crippen MR) is 157 cm³/mol. The van der Waals surface area contributed by atoms with Crippen LogP contribution in [0.25, 0.3) is 10.9 Å². The minimum Gasteiger partial charge on any atom is -0.463 e. The van der Waals surface area contributed by atoms with Crippen molar-refractivity contribution in [2.24, 2.45) is 10.6 Å². The first kappa shape index (κ1) is 29.1. The second kappa shape index (κ2) is 11.3. The minimum absolute atomic E-state index is 0.0287. The normalized spacial score (nSPS) is 23.7. The first-order valence-corrected chi connectivity index (χ1v) is 15.1. The molecule has 5 heterocycles. The number of likely N-dealkylation sites (tertiary alicyclic amines) is 1. The Bertz CT molecular complexity index is 1360. The SMILES string of the molecule is CON=C1CCN(CC2(COc3nc(N4CC5CCC(C4)N5C(=O)OC(C)(C)C)c4cnc(Cl)c(F)c4n3)CC2)CC1. The van der Waals surface area contributed by atoms with Crippen molar-refractivity contribution < 1.29 is 23.5 Å². The van der Waals surface area contributed by atoms with Gasteiger partial charge in [-0.2, -0.15) is 9.97 Å². The number of hydrogen-bond donors (Lipinski definition) is 0. The number of fused-ring (bicyclic) bond motifs is 3. The van der Waals surface area contributed by atoms with Gasteiger partial charge in [-0.1, -0.05) is 16.8 Å². The van der Waals surface area contributed by atoms with Gasteiger partial charge in [0.2, 0.25) is 0 Å². The van der Waals surface area contributed by atoms with Crippen molar-refractivity contribution in [3.63, 3.8) is 0 Å². The summed E-state index contributed by atoms with van der Waals surface area (Å²) in [7, 11) is 1.58. The zero-order valence-electron chi connectivity index (χ0n) is 24.7. The lowest BCUT2D eigenvalue weighted by Crippen LogP contribution is -2.57. The lowest BCUT2D eigenvalue weighted by molar-refractivity contribution is 0.0122. The third-order valence-electron chi connectivity index (χ3n) is 8.66. The van der Waals surface area contributed by atoms with Crippen LogP contribution in [0.2, 0.25) is 5.15 Å². The van der Waals surface area contributed by atoms with Gasteiger partial charge in [0.25, 0.3) is 0 Å². The number of pyridine rings is 1. The lowest BCUT2D eigenvalue weighted by atomic mass is 10.0. The number of halogens is 2. The highest BCUT2D eigenvalue weighted by Crippen LogP contribution is 2.47. The van der Waals surface area contributed by atoms with Crippen molar-refractivity contribution in [3.05, 3.63) is 17.2 Å². The Morgan fingerprint density at radius 2 is 1.86 bits per heavy atom. The molecule has 0 aromatic carbocycles. The summed E-state index contributed by atoms with van der Waals surface area (Å²) in [6.07, 6.45) is 6.87. The first-order valence-electron chi connectivity index (χ1n) is 14.8. The smallest absolute Gasteiger partial charge is 0.410 e. The van der Waals surface area contributed by atoms with E-state index in [1.54, 1.807) is 7.11 Å². The average molecular weight is 604 g/mol. The highest BCUT2D eigenvalue weighted by atomic mass is 35.5. The fraction of sp³-hybridized carbons (Fsp3) is 0.690. The van der Waals surface area contributed by atoms with Gasteiger partial charge in [-0.25, -0.2) is 14.2 Å². The number of piperazine rings is 1. The van der Waals surface area contributed by atoms with E-state index in [9.17, 15) is 4.79 Å². The minimum atomic E-state index is -0.694. The molecule has 4 aliphatic rings. The predicted octanol–water partition coefficient (Wildman–Crippen LogP) is 4.66. The average Bonchev–Trinajstić information content (AvgIpc) is 3.65. The molecule has 228 valence electrons. The highest BCUT2D eigenvalue weighted by molar-refractivity contribution is 6.30. The zero-order chi connectivity index (χ0) is 29.6. The van der Waals surface area contributed by atoms with Gasteiger partial charge in [-0.3, -0.25) is 4.90 Å². The van der Waals surface area contributed by atoms with Crippen LogP contribution in [-0.2, 0) is 9.57 Å². The van der Waals surface area contributed by atoms with Crippen LogP contribution in [0, 0.1) is 11.2 Å². The Hall–Kier alpha value is -2.99. The molecule has 0 spiro atoms. The number of oxime groups is 1. The molecule has 2 aromatic heterocycles. The van der Waals surface area contributed by atoms with Crippen LogP contribution in [0.3, 0.4) is 0 Å². The van der Waals surface area contributed by atoms with Crippen LogP contribution in [0.4, 0.5) is 15.0 Å². The second-order valence-corrected chi connectivity index (χ2v) is 13.4. The van der Waals surface area contributed by atoms with Crippen LogP contribution in [-0.4, -0.2) is 101 Å². The molecule has 1 aliphatic carbocycles. The molecule has 11 nitrogen and oxygen atoms in total. The maximum atomic E-state index is 15.2. The number of anilines is 1. The maximum Gasteiger partial charge on any atom is 0.410 e. The summed E-state index contributed by atoms with van der Waals surface area (Å²) < 4.78 is 27.2. The van der Waals surface area contributed by atoms with Crippen molar-refractivity contribution in [1.29, 1.82) is 0 Å². The van der Waals surface area contributed by atoms with Gasteiger partial charge in [0, 0.05) is 57.2 Å². The van der Waals surface area contributed by atoms with Crippen molar-refractivity contribution in [2.75, 3.05) is 51.3 Å². The van der Waals surface area contributed by atoms with Gasteiger partial charge in [0.1, 0.15) is 24.0 Å². The summed E-state index contributed by atoms with van der Waals surface area (Å²) in [6.45, 7) is 9.95. The molecule has 1 saturated carbocycles. The lowest BCUT2D eigenvalue weighted by Gasteiger charge is -2.42. The van der Waals surface area contributed by atoms with Crippen LogP contribution in [0.1, 0.15) is 59.3 Å². The number of piperidine rings is 1. The summed E-state index contributed by atoms with van der Waals surface area (Å²) in [5, 5.41) is 4.33. The molecule has 2 aromatic rings. The molecule has 2 unspecified atom stereocenters. The van der Waals surface area contributed by atoms with E-state index in [2.05, 4.69) is 24.9 Å². The topological polar surface area (TPSA) is 106 Å². The first-order chi connectivity index (χ1) is 20.0. The molecule has 42 heavy (non-hydrogen) atoms. The molecule has 6 rings (SSSR count). The highest BCUT2D eigenvalue weighted by Gasteiger charge is 2.46. The molecule has 0 radical (unpaired) electrons. The fourth-order valence-electron chi connectivity index (χ4n) is 6.40. The van der Waals surface area contributed by atoms with E-state index < -0.39 is 11.4 Å². The van der Waals surface area contributed by atoms with Gasteiger partial charge >= 0.3 is 12.1 Å². The van der Waals surface area contributed by atoms with E-state index >= 15 is 4.39 Å². The maximum absolute atomic E-state index is 15.2. The van der Waals surface area contributed by atoms with Gasteiger partial charge in [-0.05, 0) is 46.5 Å². The monoisotopic (exact) mass is 603 g/mol. The molecular weight excluding hydrogens is 565 g/mol. The summed E-state index contributed by atoms with van der Waals surface area (Å²) in [5.41, 5.74) is 0.644. The van der Waals surface area contributed by atoms with Crippen LogP contribution < -0.4 is 9.64 Å². The van der Waals surface area contributed by atoms with Crippen molar-refractivity contribution in [1.82, 2.24) is 24.8 Å². The van der Waals surface area contributed by atoms with Gasteiger partial charge in [0.15, 0.2) is 11.0 Å².